The standard InChI is InChI=1S/C24H20F2N4O3S/c1-32-19-9-7-18(8-10-19)30-23(20-5-3-4-6-21(20)33-2)28-29-24(30)34-14-22(31)27-17-12-15(25)11-16(26)13-17/h3-13H,14H2,1-2H3,(H,27,31). The summed E-state index contributed by atoms with van der Waals surface area (Å²) in [5.41, 5.74) is 1.51. The number of carbonyl (C=O) groups excluding carboxylic acids is 1. The Balaban J connectivity index is 1.64. The first kappa shape index (κ1) is 23.2. The molecule has 0 atom stereocenters. The molecule has 4 aromatic rings. The molecule has 0 spiro atoms. The second kappa shape index (κ2) is 10.3. The molecule has 7 nitrogen and oxygen atoms in total. The van der Waals surface area contributed by atoms with E-state index in [-0.39, 0.29) is 11.4 Å². The van der Waals surface area contributed by atoms with Crippen LogP contribution in [0.4, 0.5) is 14.5 Å². The molecule has 34 heavy (non-hydrogen) atoms. The highest BCUT2D eigenvalue weighted by Crippen LogP contribution is 2.33. The van der Waals surface area contributed by atoms with Crippen LogP contribution in [-0.2, 0) is 4.79 Å². The van der Waals surface area contributed by atoms with E-state index in [0.29, 0.717) is 22.5 Å². The fourth-order valence-corrected chi connectivity index (χ4v) is 4.04. The minimum atomic E-state index is -0.774. The molecule has 0 fully saturated rings. The molecule has 174 valence electrons. The zero-order valence-electron chi connectivity index (χ0n) is 18.3. The van der Waals surface area contributed by atoms with Crippen LogP contribution >= 0.6 is 11.8 Å². The van der Waals surface area contributed by atoms with Gasteiger partial charge in [0.2, 0.25) is 5.91 Å². The molecular weight excluding hydrogens is 462 g/mol. The Morgan fingerprint density at radius 2 is 1.68 bits per heavy atom. The van der Waals surface area contributed by atoms with Crippen LogP contribution in [0.3, 0.4) is 0 Å². The van der Waals surface area contributed by atoms with Crippen molar-refractivity contribution >= 4 is 23.4 Å². The number of ether oxygens (including phenoxy) is 2. The average molecular weight is 483 g/mol. The molecular formula is C24H20F2N4O3S. The van der Waals surface area contributed by atoms with Crippen LogP contribution in [0.1, 0.15) is 0 Å². The van der Waals surface area contributed by atoms with Gasteiger partial charge >= 0.3 is 0 Å². The molecule has 1 N–H and O–H groups in total. The first-order chi connectivity index (χ1) is 16.5. The molecule has 0 aliphatic rings. The van der Waals surface area contributed by atoms with E-state index < -0.39 is 17.5 Å². The molecule has 0 bridgehead atoms. The predicted octanol–water partition coefficient (Wildman–Crippen LogP) is 4.96. The maximum Gasteiger partial charge on any atom is 0.234 e. The molecule has 0 aliphatic carbocycles. The van der Waals surface area contributed by atoms with Crippen molar-refractivity contribution in [1.29, 1.82) is 0 Å². The van der Waals surface area contributed by atoms with Gasteiger partial charge in [0, 0.05) is 11.8 Å². The van der Waals surface area contributed by atoms with Crippen LogP contribution in [0.5, 0.6) is 11.5 Å². The number of carbonyl (C=O) groups is 1. The lowest BCUT2D eigenvalue weighted by Gasteiger charge is -2.13. The number of nitrogens with zero attached hydrogens (tertiary/aromatic N) is 3. The summed E-state index contributed by atoms with van der Waals surface area (Å²) in [6.45, 7) is 0. The Bertz CT molecular complexity index is 1290. The van der Waals surface area contributed by atoms with E-state index in [1.165, 1.54) is 0 Å². The number of anilines is 1. The van der Waals surface area contributed by atoms with Crippen molar-refractivity contribution in [1.82, 2.24) is 14.8 Å². The summed E-state index contributed by atoms with van der Waals surface area (Å²) in [6, 6.07) is 17.5. The summed E-state index contributed by atoms with van der Waals surface area (Å²) >= 11 is 1.13. The number of nitrogens with one attached hydrogen (secondary N) is 1. The third-order valence-electron chi connectivity index (χ3n) is 4.79. The fraction of sp³-hybridized carbons (Fsp3) is 0.125. The third-order valence-corrected chi connectivity index (χ3v) is 5.72. The first-order valence-electron chi connectivity index (χ1n) is 10.1. The van der Waals surface area contributed by atoms with Gasteiger partial charge in [0.05, 0.1) is 31.2 Å². The van der Waals surface area contributed by atoms with Gasteiger partial charge in [0.1, 0.15) is 23.1 Å². The third kappa shape index (κ3) is 5.18. The second-order valence-corrected chi connectivity index (χ2v) is 7.98. The Kier molecular flexibility index (Phi) is 7.07. The maximum absolute atomic E-state index is 13.4. The zero-order chi connectivity index (χ0) is 24.1. The lowest BCUT2D eigenvalue weighted by atomic mass is 10.2. The minimum absolute atomic E-state index is 0.0365. The number of amides is 1. The van der Waals surface area contributed by atoms with Crippen LogP contribution in [0.2, 0.25) is 0 Å². The molecule has 1 aromatic heterocycles. The lowest BCUT2D eigenvalue weighted by Crippen LogP contribution is -2.15. The number of thioether (sulfide) groups is 1. The molecule has 1 heterocycles. The van der Waals surface area contributed by atoms with Gasteiger partial charge < -0.3 is 14.8 Å². The topological polar surface area (TPSA) is 78.3 Å². The van der Waals surface area contributed by atoms with Crippen molar-refractivity contribution in [2.75, 3.05) is 25.3 Å². The van der Waals surface area contributed by atoms with E-state index >= 15 is 0 Å². The normalized spacial score (nSPS) is 10.7. The highest BCUT2D eigenvalue weighted by atomic mass is 32.2. The summed E-state index contributed by atoms with van der Waals surface area (Å²) in [7, 11) is 3.15. The second-order valence-electron chi connectivity index (χ2n) is 7.03. The molecule has 0 saturated heterocycles. The van der Waals surface area contributed by atoms with Gasteiger partial charge in [-0.3, -0.25) is 9.36 Å². The molecule has 1 amide bonds. The monoisotopic (exact) mass is 482 g/mol. The smallest absolute Gasteiger partial charge is 0.234 e. The fourth-order valence-electron chi connectivity index (χ4n) is 3.28. The average Bonchev–Trinajstić information content (AvgIpc) is 3.26. The Hall–Kier alpha value is -3.92. The van der Waals surface area contributed by atoms with Crippen molar-refractivity contribution in [3.05, 3.63) is 78.4 Å². The van der Waals surface area contributed by atoms with Crippen LogP contribution in [0.15, 0.2) is 71.9 Å². The van der Waals surface area contributed by atoms with E-state index in [1.54, 1.807) is 30.9 Å². The summed E-state index contributed by atoms with van der Waals surface area (Å²) < 4.78 is 39.4. The number of halogens is 2. The molecule has 3 aromatic carbocycles. The van der Waals surface area contributed by atoms with Crippen LogP contribution in [-0.4, -0.2) is 40.6 Å². The summed E-state index contributed by atoms with van der Waals surface area (Å²) in [5.74, 6) is -0.222. The van der Waals surface area contributed by atoms with E-state index in [9.17, 15) is 13.6 Å². The quantitative estimate of drug-likeness (QED) is 0.358. The zero-order valence-corrected chi connectivity index (χ0v) is 19.1. The van der Waals surface area contributed by atoms with E-state index in [4.69, 9.17) is 9.47 Å². The van der Waals surface area contributed by atoms with Gasteiger partial charge in [-0.1, -0.05) is 23.9 Å². The molecule has 10 heteroatoms. The van der Waals surface area contributed by atoms with Gasteiger partial charge in [-0.2, -0.15) is 0 Å². The Labute approximate surface area is 198 Å². The largest absolute Gasteiger partial charge is 0.497 e. The number of aromatic nitrogens is 3. The van der Waals surface area contributed by atoms with E-state index in [2.05, 4.69) is 15.5 Å². The summed E-state index contributed by atoms with van der Waals surface area (Å²) in [4.78, 5) is 12.4. The number of hydrogen-bond acceptors (Lipinski definition) is 6. The first-order valence-corrected chi connectivity index (χ1v) is 11.1. The number of benzene rings is 3. The maximum atomic E-state index is 13.4. The van der Waals surface area contributed by atoms with Crippen LogP contribution in [0.25, 0.3) is 17.1 Å². The Morgan fingerprint density at radius 1 is 0.971 bits per heavy atom. The van der Waals surface area contributed by atoms with Crippen molar-refractivity contribution in [3.8, 4) is 28.6 Å². The SMILES string of the molecule is COc1ccc(-n2c(SCC(=O)Nc3cc(F)cc(F)c3)nnc2-c2ccccc2OC)cc1. The molecule has 0 aliphatic heterocycles. The number of hydrogen-bond donors (Lipinski definition) is 1. The summed E-state index contributed by atoms with van der Waals surface area (Å²) in [6.07, 6.45) is 0. The Morgan fingerprint density at radius 3 is 2.35 bits per heavy atom. The highest BCUT2D eigenvalue weighted by Gasteiger charge is 2.20. The van der Waals surface area contributed by atoms with Gasteiger partial charge in [0.15, 0.2) is 11.0 Å². The van der Waals surface area contributed by atoms with Crippen LogP contribution < -0.4 is 14.8 Å². The van der Waals surface area contributed by atoms with Gasteiger partial charge in [0.25, 0.3) is 0 Å². The number of methoxy groups -OCH3 is 2. The van der Waals surface area contributed by atoms with Gasteiger partial charge in [-0.15, -0.1) is 10.2 Å². The molecule has 4 rings (SSSR count). The highest BCUT2D eigenvalue weighted by molar-refractivity contribution is 7.99. The van der Waals surface area contributed by atoms with Crippen molar-refractivity contribution in [3.63, 3.8) is 0 Å². The van der Waals surface area contributed by atoms with Crippen molar-refractivity contribution in [2.45, 2.75) is 5.16 Å². The molecule has 0 saturated carbocycles. The van der Waals surface area contributed by atoms with Crippen LogP contribution in [0, 0.1) is 11.6 Å². The summed E-state index contributed by atoms with van der Waals surface area (Å²) in [5, 5.41) is 11.6. The molecule has 0 unspecified atom stereocenters. The van der Waals surface area contributed by atoms with Gasteiger partial charge in [-0.25, -0.2) is 8.78 Å². The van der Waals surface area contributed by atoms with Crippen molar-refractivity contribution in [2.24, 2.45) is 0 Å². The number of rotatable bonds is 8. The number of para-hydroxylation sites is 1. The minimum Gasteiger partial charge on any atom is -0.497 e. The van der Waals surface area contributed by atoms with E-state index in [1.807, 2.05) is 36.4 Å². The van der Waals surface area contributed by atoms with Gasteiger partial charge in [-0.05, 0) is 48.5 Å². The lowest BCUT2D eigenvalue weighted by molar-refractivity contribution is -0.113. The predicted molar refractivity (Wildman–Crippen MR) is 126 cm³/mol. The van der Waals surface area contributed by atoms with E-state index in [0.717, 1.165) is 41.2 Å². The van der Waals surface area contributed by atoms with Crippen molar-refractivity contribution < 1.29 is 23.0 Å². The molecule has 0 radical (unpaired) electrons.